The molecule has 3 heteroatoms. The Kier molecular flexibility index (Phi) is 2.90. The van der Waals surface area contributed by atoms with Crippen LogP contribution in [0.1, 0.15) is 18.1 Å². The fourth-order valence-corrected chi connectivity index (χ4v) is 1.88. The fourth-order valence-electron chi connectivity index (χ4n) is 1.88. The van der Waals surface area contributed by atoms with Crippen LogP contribution in [0.25, 0.3) is 0 Å². The summed E-state index contributed by atoms with van der Waals surface area (Å²) < 4.78 is 0. The summed E-state index contributed by atoms with van der Waals surface area (Å²) in [4.78, 5) is 4.58. The Bertz CT molecular complexity index is 374. The third kappa shape index (κ3) is 2.12. The summed E-state index contributed by atoms with van der Waals surface area (Å²) >= 11 is 0. The zero-order valence-electron chi connectivity index (χ0n) is 9.30. The zero-order valence-corrected chi connectivity index (χ0v) is 9.30. The maximum atomic E-state index is 4.58. The van der Waals surface area contributed by atoms with Crippen molar-refractivity contribution >= 4 is 11.6 Å². The van der Waals surface area contributed by atoms with Crippen LogP contribution in [0.5, 0.6) is 0 Å². The summed E-state index contributed by atoms with van der Waals surface area (Å²) in [6, 6.07) is 6.27. The van der Waals surface area contributed by atoms with Gasteiger partial charge in [-0.15, -0.1) is 0 Å². The first-order valence-electron chi connectivity index (χ1n) is 5.46. The summed E-state index contributed by atoms with van der Waals surface area (Å²) in [5.74, 6) is 0.898. The molecule has 80 valence electrons. The van der Waals surface area contributed by atoms with Crippen LogP contribution >= 0.6 is 0 Å². The predicted molar refractivity (Wildman–Crippen MR) is 63.7 cm³/mol. The Balaban J connectivity index is 2.34. The molecular weight excluding hydrogens is 186 g/mol. The first-order chi connectivity index (χ1) is 7.31. The highest BCUT2D eigenvalue weighted by Gasteiger charge is 2.07. The third-order valence-corrected chi connectivity index (χ3v) is 2.68. The van der Waals surface area contributed by atoms with Crippen molar-refractivity contribution in [2.24, 2.45) is 4.99 Å². The highest BCUT2D eigenvalue weighted by Crippen LogP contribution is 2.22. The molecule has 3 nitrogen and oxygen atoms in total. The fraction of sp³-hybridized carbons (Fsp3) is 0.417. The SMILES string of the molecule is CCc1c(C)cccc1N=C1NCCN1. The van der Waals surface area contributed by atoms with Gasteiger partial charge < -0.3 is 10.6 Å². The van der Waals surface area contributed by atoms with Crippen molar-refractivity contribution in [2.45, 2.75) is 20.3 Å². The Hall–Kier alpha value is -1.51. The molecule has 0 aromatic heterocycles. The minimum atomic E-state index is 0.898. The van der Waals surface area contributed by atoms with Gasteiger partial charge >= 0.3 is 0 Å². The molecule has 0 atom stereocenters. The van der Waals surface area contributed by atoms with Gasteiger partial charge in [-0.2, -0.15) is 0 Å². The van der Waals surface area contributed by atoms with Gasteiger partial charge in [0, 0.05) is 13.1 Å². The molecular formula is C12H17N3. The molecule has 1 aromatic carbocycles. The standard InChI is InChI=1S/C12H17N3/c1-3-10-9(2)5-4-6-11(10)15-12-13-7-8-14-12/h4-6H,3,7-8H2,1-2H3,(H2,13,14,15). The second-order valence-electron chi connectivity index (χ2n) is 3.74. The summed E-state index contributed by atoms with van der Waals surface area (Å²) in [7, 11) is 0. The van der Waals surface area contributed by atoms with E-state index >= 15 is 0 Å². The lowest BCUT2D eigenvalue weighted by atomic mass is 10.0. The van der Waals surface area contributed by atoms with Gasteiger partial charge in [-0.05, 0) is 30.5 Å². The van der Waals surface area contributed by atoms with E-state index in [9.17, 15) is 0 Å². The Morgan fingerprint density at radius 1 is 1.27 bits per heavy atom. The van der Waals surface area contributed by atoms with Crippen molar-refractivity contribution in [1.29, 1.82) is 0 Å². The van der Waals surface area contributed by atoms with Crippen LogP contribution in [0.15, 0.2) is 23.2 Å². The molecule has 1 aliphatic rings. The van der Waals surface area contributed by atoms with E-state index in [1.54, 1.807) is 0 Å². The van der Waals surface area contributed by atoms with Gasteiger partial charge in [0.1, 0.15) is 0 Å². The second kappa shape index (κ2) is 4.34. The lowest BCUT2D eigenvalue weighted by molar-refractivity contribution is 0.942. The van der Waals surface area contributed by atoms with Gasteiger partial charge in [0.25, 0.3) is 0 Å². The van der Waals surface area contributed by atoms with Crippen LogP contribution < -0.4 is 10.6 Å². The zero-order chi connectivity index (χ0) is 10.7. The maximum Gasteiger partial charge on any atom is 0.196 e. The number of nitrogens with zero attached hydrogens (tertiary/aromatic N) is 1. The van der Waals surface area contributed by atoms with Crippen LogP contribution in [0.3, 0.4) is 0 Å². The molecule has 15 heavy (non-hydrogen) atoms. The molecule has 0 unspecified atom stereocenters. The van der Waals surface area contributed by atoms with Crippen molar-refractivity contribution in [3.05, 3.63) is 29.3 Å². The number of rotatable bonds is 2. The first-order valence-corrected chi connectivity index (χ1v) is 5.46. The number of nitrogens with one attached hydrogen (secondary N) is 2. The second-order valence-corrected chi connectivity index (χ2v) is 3.74. The average molecular weight is 203 g/mol. The van der Waals surface area contributed by atoms with Gasteiger partial charge in [0.05, 0.1) is 5.69 Å². The Labute approximate surface area is 90.6 Å². The summed E-state index contributed by atoms with van der Waals surface area (Å²) in [5, 5.41) is 6.43. The minimum Gasteiger partial charge on any atom is -0.354 e. The van der Waals surface area contributed by atoms with Gasteiger partial charge in [0.15, 0.2) is 5.96 Å². The van der Waals surface area contributed by atoms with E-state index in [-0.39, 0.29) is 0 Å². The van der Waals surface area contributed by atoms with Crippen molar-refractivity contribution in [1.82, 2.24) is 10.6 Å². The molecule has 1 heterocycles. The minimum absolute atomic E-state index is 0.898. The van der Waals surface area contributed by atoms with Crippen LogP contribution in [0.2, 0.25) is 0 Å². The largest absolute Gasteiger partial charge is 0.354 e. The lowest BCUT2D eigenvalue weighted by Crippen LogP contribution is -2.23. The number of aryl methyl sites for hydroxylation is 1. The molecule has 0 spiro atoms. The van der Waals surface area contributed by atoms with E-state index < -0.39 is 0 Å². The number of benzene rings is 1. The first kappa shape index (κ1) is 10.0. The predicted octanol–water partition coefficient (Wildman–Crippen LogP) is 1.74. The third-order valence-electron chi connectivity index (χ3n) is 2.68. The van der Waals surface area contributed by atoms with Crippen molar-refractivity contribution in [3.63, 3.8) is 0 Å². The highest BCUT2D eigenvalue weighted by molar-refractivity contribution is 5.84. The van der Waals surface area contributed by atoms with Crippen molar-refractivity contribution in [2.75, 3.05) is 13.1 Å². The molecule has 1 saturated heterocycles. The Morgan fingerprint density at radius 2 is 2.00 bits per heavy atom. The molecule has 1 aromatic rings. The summed E-state index contributed by atoms with van der Waals surface area (Å²) in [6.07, 6.45) is 1.03. The quantitative estimate of drug-likeness (QED) is 0.768. The summed E-state index contributed by atoms with van der Waals surface area (Å²) in [5.41, 5.74) is 3.73. The van der Waals surface area contributed by atoms with Crippen molar-refractivity contribution < 1.29 is 0 Å². The van der Waals surface area contributed by atoms with E-state index in [0.717, 1.165) is 31.2 Å². The molecule has 1 fully saturated rings. The smallest absolute Gasteiger partial charge is 0.196 e. The van der Waals surface area contributed by atoms with E-state index in [4.69, 9.17) is 0 Å². The topological polar surface area (TPSA) is 36.4 Å². The van der Waals surface area contributed by atoms with E-state index in [0.29, 0.717) is 0 Å². The lowest BCUT2D eigenvalue weighted by Gasteiger charge is -2.07. The van der Waals surface area contributed by atoms with Crippen LogP contribution in [0.4, 0.5) is 5.69 Å². The molecule has 0 saturated carbocycles. The number of aliphatic imine (C=N–C) groups is 1. The van der Waals surface area contributed by atoms with Crippen LogP contribution in [-0.2, 0) is 6.42 Å². The van der Waals surface area contributed by atoms with Crippen LogP contribution in [0, 0.1) is 6.92 Å². The molecule has 0 aliphatic carbocycles. The van der Waals surface area contributed by atoms with E-state index in [2.05, 4.69) is 47.7 Å². The number of guanidine groups is 1. The number of hydrogen-bond acceptors (Lipinski definition) is 1. The molecule has 2 rings (SSSR count). The van der Waals surface area contributed by atoms with Gasteiger partial charge in [-0.25, -0.2) is 4.99 Å². The van der Waals surface area contributed by atoms with Crippen molar-refractivity contribution in [3.8, 4) is 0 Å². The maximum absolute atomic E-state index is 4.58. The molecule has 0 bridgehead atoms. The molecule has 0 amide bonds. The average Bonchev–Trinajstić information content (AvgIpc) is 2.71. The molecule has 0 radical (unpaired) electrons. The monoisotopic (exact) mass is 203 g/mol. The summed E-state index contributed by atoms with van der Waals surface area (Å²) in [6.45, 7) is 6.23. The Morgan fingerprint density at radius 3 is 2.67 bits per heavy atom. The van der Waals surface area contributed by atoms with E-state index in [1.807, 2.05) is 0 Å². The molecule has 1 aliphatic heterocycles. The van der Waals surface area contributed by atoms with Crippen LogP contribution in [-0.4, -0.2) is 19.0 Å². The number of hydrogen-bond donors (Lipinski definition) is 2. The highest BCUT2D eigenvalue weighted by atomic mass is 15.2. The normalized spacial score (nSPS) is 14.7. The van der Waals surface area contributed by atoms with Gasteiger partial charge in [-0.1, -0.05) is 19.1 Å². The van der Waals surface area contributed by atoms with Gasteiger partial charge in [0.2, 0.25) is 0 Å². The molecule has 2 N–H and O–H groups in total. The van der Waals surface area contributed by atoms with Gasteiger partial charge in [-0.3, -0.25) is 0 Å². The van der Waals surface area contributed by atoms with E-state index in [1.165, 1.54) is 11.1 Å².